The molecule has 7 rings (SSSR count). The summed E-state index contributed by atoms with van der Waals surface area (Å²) in [6, 6.07) is 13.3. The average molecular weight is 665 g/mol. The lowest BCUT2D eigenvalue weighted by atomic mass is 9.98. The molecule has 2 aromatic carbocycles. The van der Waals surface area contributed by atoms with E-state index < -0.39 is 77.3 Å². The van der Waals surface area contributed by atoms with Gasteiger partial charge in [0, 0.05) is 13.5 Å². The number of H-pyrrole nitrogens is 1. The number of imidazole rings is 1. The molecule has 0 spiro atoms. The van der Waals surface area contributed by atoms with Crippen LogP contribution in [0.25, 0.3) is 21.9 Å². The molecule has 9 atom stereocenters. The largest absolute Gasteiger partial charge is 0.472 e. The Morgan fingerprint density at radius 2 is 1.73 bits per heavy atom. The highest BCUT2D eigenvalue weighted by Crippen LogP contribution is 2.54. The fourth-order valence-electron chi connectivity index (χ4n) is 6.02. The van der Waals surface area contributed by atoms with E-state index in [1.54, 1.807) is 0 Å². The Morgan fingerprint density at radius 3 is 2.53 bits per heavy atom. The van der Waals surface area contributed by atoms with Gasteiger partial charge in [-0.2, -0.15) is 4.98 Å². The third-order valence-electron chi connectivity index (χ3n) is 7.98. The van der Waals surface area contributed by atoms with E-state index in [9.17, 15) is 23.7 Å². The third-order valence-corrected chi connectivity index (χ3v) is 9.98. The Hall–Kier alpha value is -3.05. The van der Waals surface area contributed by atoms with Crippen molar-refractivity contribution in [2.45, 2.75) is 49.3 Å². The third kappa shape index (κ3) is 5.86. The van der Waals surface area contributed by atoms with Crippen LogP contribution in [0.4, 0.5) is 5.95 Å². The summed E-state index contributed by atoms with van der Waals surface area (Å²) >= 11 is 0. The minimum atomic E-state index is -4.89. The Kier molecular flexibility index (Phi) is 7.91. The molecule has 17 nitrogen and oxygen atoms in total. The summed E-state index contributed by atoms with van der Waals surface area (Å²) in [5, 5.41) is 1.88. The molecule has 5 heterocycles. The number of rotatable bonds is 3. The first-order valence-electron chi connectivity index (χ1n) is 13.9. The van der Waals surface area contributed by atoms with Gasteiger partial charge in [-0.3, -0.25) is 32.4 Å². The number of nitrogens with one attached hydrogen (secondary N) is 1. The van der Waals surface area contributed by atoms with Crippen molar-refractivity contribution in [2.75, 3.05) is 26.1 Å². The molecule has 0 aliphatic carbocycles. The zero-order chi connectivity index (χ0) is 31.5. The van der Waals surface area contributed by atoms with E-state index in [0.29, 0.717) is 0 Å². The Morgan fingerprint density at radius 1 is 1.00 bits per heavy atom. The van der Waals surface area contributed by atoms with E-state index >= 15 is 0 Å². The lowest BCUT2D eigenvalue weighted by molar-refractivity contribution is -0.0634. The number of fused-ring (bicyclic) bond motifs is 5. The van der Waals surface area contributed by atoms with Gasteiger partial charge < -0.3 is 29.7 Å². The fraction of sp³-hybridized carbons (Fsp3) is 0.423. The number of aromatic nitrogens is 4. The van der Waals surface area contributed by atoms with Crippen LogP contribution in [0, 0.1) is 0 Å². The number of ether oxygens (including phenoxy) is 3. The van der Waals surface area contributed by atoms with Gasteiger partial charge in [-0.15, -0.1) is 0 Å². The molecule has 0 amide bonds. The summed E-state index contributed by atoms with van der Waals surface area (Å²) in [5.41, 5.74) is 5.81. The minimum absolute atomic E-state index is 0.0149. The highest BCUT2D eigenvalue weighted by Gasteiger charge is 2.52. The highest BCUT2D eigenvalue weighted by atomic mass is 31.2. The predicted molar refractivity (Wildman–Crippen MR) is 155 cm³/mol. The van der Waals surface area contributed by atoms with Crippen LogP contribution in [0.2, 0.25) is 0 Å². The molecule has 3 aliphatic heterocycles. The van der Waals surface area contributed by atoms with Gasteiger partial charge in [0.2, 0.25) is 5.95 Å². The Balaban J connectivity index is 1.21. The number of nitrogen functional groups attached to an aromatic ring is 1. The summed E-state index contributed by atoms with van der Waals surface area (Å²) in [6.07, 6.45) is -6.32. The molecule has 4 aromatic rings. The van der Waals surface area contributed by atoms with E-state index in [1.807, 2.05) is 42.5 Å². The normalized spacial score (nSPS) is 35.9. The minimum Gasteiger partial charge on any atom is -0.376 e. The molecule has 3 aliphatic rings. The van der Waals surface area contributed by atoms with Gasteiger partial charge in [0.1, 0.15) is 30.5 Å². The van der Waals surface area contributed by atoms with Crippen molar-refractivity contribution in [2.24, 2.45) is 0 Å². The van der Waals surface area contributed by atoms with Gasteiger partial charge in [0.05, 0.1) is 25.6 Å². The van der Waals surface area contributed by atoms with Crippen LogP contribution in [-0.4, -0.2) is 80.1 Å². The van der Waals surface area contributed by atoms with Crippen molar-refractivity contribution >= 4 is 43.5 Å². The van der Waals surface area contributed by atoms with Crippen LogP contribution in [0.5, 0.6) is 0 Å². The molecule has 0 saturated carbocycles. The van der Waals surface area contributed by atoms with E-state index in [1.165, 1.54) is 18.0 Å². The standard InChI is InChI=1S/C26H29N5O12P2/c1-37-21-19-11-39-44(33,34)42-17-9-16(15-8-4-6-13-5-2-3-7-14(13)15)40-18(17)10-38-45(35,36)43-22(21)25(41-19)31-12-28-20-23(31)29-26(27)30-24(20)32/h2-8,12,16-19,21-22,25H,9-11H2,1H3,(H,33,34)(H,35,36)(H3,27,29,30,32)/t16-,17-,18?,19?,21?,22?,25?/m1/s1. The summed E-state index contributed by atoms with van der Waals surface area (Å²) in [7, 11) is -8.37. The van der Waals surface area contributed by atoms with Crippen LogP contribution in [-0.2, 0) is 41.4 Å². The molecule has 3 saturated heterocycles. The SMILES string of the molecule is COC1C2COP(=O)(O)O[C@@H]3C[C@H](c4cccc5ccccc45)OC3COP(=O)(O)OC1C(n1cnc3c(=O)[nH]c(N)nc31)O2. The maximum Gasteiger partial charge on any atom is 0.472 e. The van der Waals surface area contributed by atoms with Crippen LogP contribution < -0.4 is 11.3 Å². The smallest absolute Gasteiger partial charge is 0.376 e. The summed E-state index contributed by atoms with van der Waals surface area (Å²) < 4.78 is 67.6. The monoisotopic (exact) mass is 665 g/mol. The van der Waals surface area contributed by atoms with Crippen molar-refractivity contribution in [1.29, 1.82) is 0 Å². The lowest BCUT2D eigenvalue weighted by Crippen LogP contribution is -2.37. The van der Waals surface area contributed by atoms with E-state index in [-0.39, 0.29) is 23.5 Å². The molecular formula is C26H29N5O12P2. The van der Waals surface area contributed by atoms with Crippen molar-refractivity contribution in [3.05, 3.63) is 64.7 Å². The zero-order valence-electron chi connectivity index (χ0n) is 23.6. The molecule has 3 fully saturated rings. The summed E-state index contributed by atoms with van der Waals surface area (Å²) in [4.78, 5) is 44.5. The second-order valence-corrected chi connectivity index (χ2v) is 13.6. The first-order chi connectivity index (χ1) is 21.5. The first-order valence-corrected chi connectivity index (χ1v) is 16.9. The number of aromatic amines is 1. The highest BCUT2D eigenvalue weighted by molar-refractivity contribution is 7.47. The Labute approximate surface area is 254 Å². The number of nitrogens with zero attached hydrogens (tertiary/aromatic N) is 3. The number of benzene rings is 2. The molecule has 0 radical (unpaired) electrons. The van der Waals surface area contributed by atoms with Gasteiger partial charge in [0.25, 0.3) is 5.56 Å². The maximum atomic E-state index is 13.4. The molecule has 2 bridgehead atoms. The molecular weight excluding hydrogens is 636 g/mol. The van der Waals surface area contributed by atoms with Crippen LogP contribution in [0.15, 0.2) is 53.6 Å². The van der Waals surface area contributed by atoms with E-state index in [4.69, 9.17) is 38.0 Å². The lowest BCUT2D eigenvalue weighted by Gasteiger charge is -2.26. The van der Waals surface area contributed by atoms with Crippen molar-refractivity contribution < 1.29 is 51.2 Å². The van der Waals surface area contributed by atoms with E-state index in [0.717, 1.165) is 16.3 Å². The zero-order valence-corrected chi connectivity index (χ0v) is 25.4. The van der Waals surface area contributed by atoms with Crippen LogP contribution >= 0.6 is 15.6 Å². The van der Waals surface area contributed by atoms with Crippen LogP contribution in [0.1, 0.15) is 24.3 Å². The number of phosphoric acid groups is 2. The molecule has 2 aromatic heterocycles. The van der Waals surface area contributed by atoms with Gasteiger partial charge in [0.15, 0.2) is 17.4 Å². The molecule has 240 valence electrons. The molecule has 45 heavy (non-hydrogen) atoms. The quantitative estimate of drug-likeness (QED) is 0.230. The van der Waals surface area contributed by atoms with Gasteiger partial charge in [-0.25, -0.2) is 14.1 Å². The Bertz CT molecular complexity index is 1900. The second kappa shape index (κ2) is 11.6. The number of anilines is 1. The molecule has 5 N–H and O–H groups in total. The van der Waals surface area contributed by atoms with Gasteiger partial charge >= 0.3 is 15.6 Å². The summed E-state index contributed by atoms with van der Waals surface area (Å²) in [5.74, 6) is -0.211. The average Bonchev–Trinajstić information content (AvgIpc) is 3.69. The number of phosphoric ester groups is 2. The molecule has 7 unspecified atom stereocenters. The first kappa shape index (κ1) is 30.6. The predicted octanol–water partition coefficient (Wildman–Crippen LogP) is 2.32. The van der Waals surface area contributed by atoms with Gasteiger partial charge in [-0.05, 0) is 16.3 Å². The van der Waals surface area contributed by atoms with Crippen molar-refractivity contribution in [3.8, 4) is 0 Å². The van der Waals surface area contributed by atoms with Gasteiger partial charge in [-0.1, -0.05) is 42.5 Å². The molecule has 19 heteroatoms. The number of nitrogens with two attached hydrogens (primary N) is 1. The van der Waals surface area contributed by atoms with Crippen molar-refractivity contribution in [1.82, 2.24) is 19.5 Å². The topological polar surface area (TPSA) is 229 Å². The maximum absolute atomic E-state index is 13.4. The number of methoxy groups -OCH3 is 1. The van der Waals surface area contributed by atoms with Crippen LogP contribution in [0.3, 0.4) is 0 Å². The second-order valence-electron chi connectivity index (χ2n) is 10.8. The number of hydrogen-bond donors (Lipinski definition) is 4. The fourth-order valence-corrected chi connectivity index (χ4v) is 7.91. The van der Waals surface area contributed by atoms with Crippen molar-refractivity contribution in [3.63, 3.8) is 0 Å². The number of hydrogen-bond acceptors (Lipinski definition) is 13. The summed E-state index contributed by atoms with van der Waals surface area (Å²) in [6.45, 7) is -1.09. The van der Waals surface area contributed by atoms with E-state index in [2.05, 4.69) is 15.0 Å².